The minimum Gasteiger partial charge on any atom is -0.353 e. The van der Waals surface area contributed by atoms with E-state index in [1.807, 2.05) is 13.8 Å². The molecule has 0 aromatic heterocycles. The van der Waals surface area contributed by atoms with Crippen molar-refractivity contribution in [3.8, 4) is 0 Å². The van der Waals surface area contributed by atoms with Gasteiger partial charge in [-0.25, -0.2) is 0 Å². The van der Waals surface area contributed by atoms with Gasteiger partial charge in [0.2, 0.25) is 0 Å². The lowest BCUT2D eigenvalue weighted by atomic mass is 9.77. The fourth-order valence-electron chi connectivity index (χ4n) is 5.45. The number of unbranched alkanes of at least 4 members (excludes halogenated alkanes) is 2. The Labute approximate surface area is 184 Å². The van der Waals surface area contributed by atoms with Crippen LogP contribution in [0.4, 0.5) is 0 Å². The van der Waals surface area contributed by atoms with Crippen molar-refractivity contribution in [2.45, 2.75) is 115 Å². The molecule has 0 N–H and O–H groups in total. The van der Waals surface area contributed by atoms with Crippen molar-refractivity contribution in [3.63, 3.8) is 0 Å². The monoisotopic (exact) mass is 417 g/mol. The maximum atomic E-state index is 6.72. The average molecular weight is 418 g/mol. The van der Waals surface area contributed by atoms with Crippen LogP contribution in [0.25, 0.3) is 0 Å². The van der Waals surface area contributed by atoms with Crippen LogP contribution in [0.5, 0.6) is 0 Å². The summed E-state index contributed by atoms with van der Waals surface area (Å²) in [5.41, 5.74) is 1.48. The zero-order valence-electron chi connectivity index (χ0n) is 19.5. The first-order valence-corrected chi connectivity index (χ1v) is 12.5. The van der Waals surface area contributed by atoms with E-state index in [1.54, 1.807) is 0 Å². The second kappa shape index (κ2) is 12.2. The highest BCUT2D eigenvalue weighted by Gasteiger charge is 2.51. The molecular formula is C26H43NO3. The molecule has 170 valence electrons. The molecule has 1 aromatic carbocycles. The summed E-state index contributed by atoms with van der Waals surface area (Å²) < 4.78 is 11.6. The van der Waals surface area contributed by atoms with Crippen molar-refractivity contribution in [2.75, 3.05) is 13.2 Å². The lowest BCUT2D eigenvalue weighted by molar-refractivity contribution is -0.233. The molecule has 0 bridgehead atoms. The first-order chi connectivity index (χ1) is 14.7. The Morgan fingerprint density at radius 1 is 1.07 bits per heavy atom. The van der Waals surface area contributed by atoms with Crippen LogP contribution in [0.15, 0.2) is 30.3 Å². The van der Waals surface area contributed by atoms with Crippen molar-refractivity contribution in [3.05, 3.63) is 35.9 Å². The van der Waals surface area contributed by atoms with Crippen LogP contribution in [0.3, 0.4) is 0 Å². The molecule has 1 aromatic rings. The Morgan fingerprint density at radius 3 is 2.53 bits per heavy atom. The highest BCUT2D eigenvalue weighted by molar-refractivity contribution is 5.20. The highest BCUT2D eigenvalue weighted by atomic mass is 16.7. The third-order valence-corrected chi connectivity index (χ3v) is 6.88. The van der Waals surface area contributed by atoms with E-state index in [-0.39, 0.29) is 17.9 Å². The van der Waals surface area contributed by atoms with Crippen LogP contribution < -0.4 is 0 Å². The molecule has 2 aliphatic heterocycles. The number of ether oxygens (including phenoxy) is 2. The first kappa shape index (κ1) is 23.7. The molecule has 0 radical (unpaired) electrons. The van der Waals surface area contributed by atoms with Gasteiger partial charge >= 0.3 is 0 Å². The highest BCUT2D eigenvalue weighted by Crippen LogP contribution is 2.50. The maximum Gasteiger partial charge on any atom is 0.157 e. The second-order valence-corrected chi connectivity index (χ2v) is 9.03. The Kier molecular flexibility index (Phi) is 9.64. The SMILES string of the molecule is CCCCC[C@@H]1CCC[C@@]2(CCCC(OCC)OCC)C[C@H](c3ccccc3)ON12. The van der Waals surface area contributed by atoms with Crippen LogP contribution in [0.1, 0.15) is 103 Å². The van der Waals surface area contributed by atoms with E-state index in [4.69, 9.17) is 14.3 Å². The summed E-state index contributed by atoms with van der Waals surface area (Å²) in [6.07, 6.45) is 13.5. The van der Waals surface area contributed by atoms with Gasteiger partial charge in [-0.1, -0.05) is 56.5 Å². The molecule has 0 aliphatic carbocycles. The number of hydroxylamine groups is 2. The molecule has 0 amide bonds. The Balaban J connectivity index is 1.69. The molecular weight excluding hydrogens is 374 g/mol. The number of piperidine rings is 1. The van der Waals surface area contributed by atoms with E-state index in [1.165, 1.54) is 50.5 Å². The third-order valence-electron chi connectivity index (χ3n) is 6.88. The lowest BCUT2D eigenvalue weighted by Gasteiger charge is -2.45. The molecule has 0 unspecified atom stereocenters. The van der Waals surface area contributed by atoms with Crippen LogP contribution in [-0.4, -0.2) is 36.1 Å². The number of rotatable bonds is 13. The summed E-state index contributed by atoms with van der Waals surface area (Å²) in [5, 5.41) is 2.47. The molecule has 3 atom stereocenters. The summed E-state index contributed by atoms with van der Waals surface area (Å²) >= 11 is 0. The maximum absolute atomic E-state index is 6.72. The molecule has 0 spiro atoms. The van der Waals surface area contributed by atoms with Crippen LogP contribution >= 0.6 is 0 Å². The van der Waals surface area contributed by atoms with E-state index in [2.05, 4.69) is 42.3 Å². The van der Waals surface area contributed by atoms with Gasteiger partial charge in [-0.15, -0.1) is 0 Å². The number of benzene rings is 1. The lowest BCUT2D eigenvalue weighted by Crippen LogP contribution is -2.52. The van der Waals surface area contributed by atoms with Crippen molar-refractivity contribution in [2.24, 2.45) is 0 Å². The smallest absolute Gasteiger partial charge is 0.157 e. The normalized spacial score (nSPS) is 26.9. The molecule has 2 heterocycles. The van der Waals surface area contributed by atoms with Crippen molar-refractivity contribution in [1.29, 1.82) is 0 Å². The number of nitrogens with zero attached hydrogens (tertiary/aromatic N) is 1. The van der Waals surface area contributed by atoms with Crippen LogP contribution in [-0.2, 0) is 14.3 Å². The topological polar surface area (TPSA) is 30.9 Å². The van der Waals surface area contributed by atoms with E-state index in [0.717, 1.165) is 25.7 Å². The molecule has 4 heteroatoms. The third kappa shape index (κ3) is 6.06. The predicted octanol–water partition coefficient (Wildman–Crippen LogP) is 6.81. The van der Waals surface area contributed by atoms with Gasteiger partial charge in [-0.3, -0.25) is 4.84 Å². The summed E-state index contributed by atoms with van der Waals surface area (Å²) in [5.74, 6) is 0. The molecule has 2 fully saturated rings. The second-order valence-electron chi connectivity index (χ2n) is 9.03. The average Bonchev–Trinajstić information content (AvgIpc) is 3.15. The summed E-state index contributed by atoms with van der Waals surface area (Å²) in [6, 6.07) is 11.4. The van der Waals surface area contributed by atoms with Gasteiger partial charge in [0.15, 0.2) is 6.29 Å². The first-order valence-electron chi connectivity index (χ1n) is 12.5. The number of fused-ring (bicyclic) bond motifs is 1. The standard InChI is InChI=1S/C26H43NO3/c1-4-7-9-16-23-17-12-19-26(20-13-18-25(28-5-2)29-6-3)21-24(30-27(23)26)22-14-10-8-11-15-22/h8,10-11,14-15,23-25H,4-7,9,12-13,16-21H2,1-3H3/t23-,24-,26-/m1/s1. The molecule has 4 nitrogen and oxygen atoms in total. The van der Waals surface area contributed by atoms with Gasteiger partial charge in [0.25, 0.3) is 0 Å². The summed E-state index contributed by atoms with van der Waals surface area (Å²) in [7, 11) is 0. The molecule has 2 aliphatic rings. The summed E-state index contributed by atoms with van der Waals surface area (Å²) in [4.78, 5) is 6.72. The predicted molar refractivity (Wildman–Crippen MR) is 122 cm³/mol. The van der Waals surface area contributed by atoms with E-state index >= 15 is 0 Å². The zero-order valence-corrected chi connectivity index (χ0v) is 19.5. The van der Waals surface area contributed by atoms with Gasteiger partial charge in [-0.2, -0.15) is 5.06 Å². The van der Waals surface area contributed by atoms with Gasteiger partial charge < -0.3 is 9.47 Å². The molecule has 3 rings (SSSR count). The summed E-state index contributed by atoms with van der Waals surface area (Å²) in [6.45, 7) is 7.80. The van der Waals surface area contributed by atoms with Crippen molar-refractivity contribution in [1.82, 2.24) is 5.06 Å². The quantitative estimate of drug-likeness (QED) is 0.261. The van der Waals surface area contributed by atoms with E-state index in [9.17, 15) is 0 Å². The minimum atomic E-state index is -0.0685. The van der Waals surface area contributed by atoms with Crippen LogP contribution in [0, 0.1) is 0 Å². The van der Waals surface area contributed by atoms with Gasteiger partial charge in [0.1, 0.15) is 6.10 Å². The Morgan fingerprint density at radius 2 is 1.83 bits per heavy atom. The fourth-order valence-corrected chi connectivity index (χ4v) is 5.45. The van der Waals surface area contributed by atoms with Gasteiger partial charge in [0.05, 0.1) is 0 Å². The molecule has 2 saturated heterocycles. The molecule has 0 saturated carbocycles. The van der Waals surface area contributed by atoms with Crippen molar-refractivity contribution < 1.29 is 14.3 Å². The number of hydrogen-bond acceptors (Lipinski definition) is 4. The minimum absolute atomic E-state index is 0.0685. The van der Waals surface area contributed by atoms with E-state index < -0.39 is 0 Å². The molecule has 30 heavy (non-hydrogen) atoms. The van der Waals surface area contributed by atoms with E-state index in [0.29, 0.717) is 19.3 Å². The largest absolute Gasteiger partial charge is 0.353 e. The Hall–Kier alpha value is -0.940. The van der Waals surface area contributed by atoms with Gasteiger partial charge in [-0.05, 0) is 64.4 Å². The number of hydrogen-bond donors (Lipinski definition) is 0. The fraction of sp³-hybridized carbons (Fsp3) is 0.769. The Bertz CT molecular complexity index is 589. The van der Waals surface area contributed by atoms with Crippen LogP contribution in [0.2, 0.25) is 0 Å². The van der Waals surface area contributed by atoms with Crippen molar-refractivity contribution >= 4 is 0 Å². The zero-order chi connectivity index (χ0) is 21.2. The van der Waals surface area contributed by atoms with Gasteiger partial charge in [0, 0.05) is 31.2 Å².